The highest BCUT2D eigenvalue weighted by Crippen LogP contribution is 2.16. The van der Waals surface area contributed by atoms with Crippen LogP contribution < -0.4 is 0 Å². The smallest absolute Gasteiger partial charge is 0.0624 e. The summed E-state index contributed by atoms with van der Waals surface area (Å²) in [6.07, 6.45) is 9.38. The molecule has 0 spiro atoms. The number of nitrogens with zero attached hydrogens (tertiary/aromatic N) is 2. The van der Waals surface area contributed by atoms with E-state index in [-0.39, 0.29) is 0 Å². The zero-order valence-corrected chi connectivity index (χ0v) is 12.9. The van der Waals surface area contributed by atoms with E-state index in [1.807, 2.05) is 0 Å². The van der Waals surface area contributed by atoms with Gasteiger partial charge in [0.05, 0.1) is 5.69 Å². The molecule has 2 unspecified atom stereocenters. The molecule has 1 aromatic heterocycles. The van der Waals surface area contributed by atoms with E-state index in [2.05, 4.69) is 58.7 Å². The summed E-state index contributed by atoms with van der Waals surface area (Å²) >= 11 is 3.73. The number of hydrogen-bond acceptors (Lipinski definition) is 1. The molecule has 0 aliphatic heterocycles. The maximum Gasteiger partial charge on any atom is 0.0624 e. The molecule has 0 N–H and O–H groups in total. The lowest BCUT2D eigenvalue weighted by Crippen LogP contribution is -2.05. The van der Waals surface area contributed by atoms with Crippen molar-refractivity contribution < 1.29 is 0 Å². The van der Waals surface area contributed by atoms with Gasteiger partial charge in [-0.05, 0) is 45.1 Å². The van der Waals surface area contributed by atoms with Crippen molar-refractivity contribution >= 4 is 15.9 Å². The molecule has 0 aliphatic rings. The molecule has 0 aliphatic carbocycles. The van der Waals surface area contributed by atoms with E-state index in [0.29, 0.717) is 10.9 Å². The van der Waals surface area contributed by atoms with Crippen LogP contribution in [-0.4, -0.2) is 14.6 Å². The highest BCUT2D eigenvalue weighted by Gasteiger charge is 2.06. The molecule has 1 heterocycles. The number of rotatable bonds is 8. The second kappa shape index (κ2) is 7.91. The molecule has 0 saturated carbocycles. The predicted molar refractivity (Wildman–Crippen MR) is 77.8 cm³/mol. The molecule has 0 saturated heterocycles. The maximum absolute atomic E-state index is 4.63. The summed E-state index contributed by atoms with van der Waals surface area (Å²) in [6, 6.07) is 2.68. The number of aromatic nitrogens is 2. The zero-order chi connectivity index (χ0) is 12.7. The van der Waals surface area contributed by atoms with Gasteiger partial charge in [0.15, 0.2) is 0 Å². The Kier molecular flexibility index (Phi) is 6.86. The minimum atomic E-state index is 0.521. The lowest BCUT2D eigenvalue weighted by molar-refractivity contribution is 0.472. The van der Waals surface area contributed by atoms with Crippen molar-refractivity contribution in [3.63, 3.8) is 0 Å². The van der Waals surface area contributed by atoms with Crippen LogP contribution in [0.15, 0.2) is 12.3 Å². The van der Waals surface area contributed by atoms with E-state index >= 15 is 0 Å². The molecule has 98 valence electrons. The average molecular weight is 301 g/mol. The minimum absolute atomic E-state index is 0.521. The van der Waals surface area contributed by atoms with Gasteiger partial charge in [-0.1, -0.05) is 36.2 Å². The van der Waals surface area contributed by atoms with E-state index < -0.39 is 0 Å². The van der Waals surface area contributed by atoms with Crippen molar-refractivity contribution in [3.05, 3.63) is 18.0 Å². The molecule has 0 radical (unpaired) electrons. The lowest BCUT2D eigenvalue weighted by atomic mass is 10.1. The summed E-state index contributed by atoms with van der Waals surface area (Å²) in [6.45, 7) is 6.65. The normalized spacial score (nSPS) is 14.8. The molecule has 0 aromatic carbocycles. The fraction of sp³-hybridized carbons (Fsp3) is 0.786. The van der Waals surface area contributed by atoms with Gasteiger partial charge in [0.2, 0.25) is 0 Å². The zero-order valence-electron chi connectivity index (χ0n) is 11.3. The van der Waals surface area contributed by atoms with Gasteiger partial charge in [-0.2, -0.15) is 5.10 Å². The Labute approximate surface area is 114 Å². The van der Waals surface area contributed by atoms with Crippen molar-refractivity contribution in [2.45, 2.75) is 70.2 Å². The van der Waals surface area contributed by atoms with Crippen LogP contribution in [0.3, 0.4) is 0 Å². The molecule has 2 atom stereocenters. The predicted octanol–water partition coefficient (Wildman–Crippen LogP) is 4.74. The molecular weight excluding hydrogens is 276 g/mol. The van der Waals surface area contributed by atoms with E-state index in [1.54, 1.807) is 0 Å². The van der Waals surface area contributed by atoms with Gasteiger partial charge >= 0.3 is 0 Å². The molecule has 2 nitrogen and oxygen atoms in total. The van der Waals surface area contributed by atoms with E-state index in [0.717, 1.165) is 12.8 Å². The molecule has 1 aromatic rings. The topological polar surface area (TPSA) is 17.8 Å². The second-order valence-corrected chi connectivity index (χ2v) is 6.12. The van der Waals surface area contributed by atoms with E-state index in [9.17, 15) is 0 Å². The fourth-order valence-electron chi connectivity index (χ4n) is 1.91. The monoisotopic (exact) mass is 300 g/mol. The van der Waals surface area contributed by atoms with Crippen molar-refractivity contribution in [1.29, 1.82) is 0 Å². The van der Waals surface area contributed by atoms with Gasteiger partial charge in [0, 0.05) is 17.1 Å². The van der Waals surface area contributed by atoms with Crippen LogP contribution in [0, 0.1) is 0 Å². The third-order valence-corrected chi connectivity index (χ3v) is 4.17. The number of alkyl halides is 1. The van der Waals surface area contributed by atoms with Gasteiger partial charge < -0.3 is 0 Å². The lowest BCUT2D eigenvalue weighted by Gasteiger charge is -2.08. The Bertz CT molecular complexity index is 309. The number of hydrogen-bond donors (Lipinski definition) is 0. The summed E-state index contributed by atoms with van der Waals surface area (Å²) in [7, 11) is 0. The van der Waals surface area contributed by atoms with Crippen molar-refractivity contribution in [2.75, 3.05) is 0 Å². The summed E-state index contributed by atoms with van der Waals surface area (Å²) in [5, 5.41) is 4.63. The minimum Gasteiger partial charge on any atom is -0.270 e. The Morgan fingerprint density at radius 3 is 2.76 bits per heavy atom. The average Bonchev–Trinajstić information content (AvgIpc) is 2.77. The summed E-state index contributed by atoms with van der Waals surface area (Å²) in [5.74, 6) is 0. The van der Waals surface area contributed by atoms with Crippen LogP contribution in [0.2, 0.25) is 0 Å². The van der Waals surface area contributed by atoms with Crippen LogP contribution in [0.1, 0.15) is 64.6 Å². The highest BCUT2D eigenvalue weighted by atomic mass is 79.9. The van der Waals surface area contributed by atoms with Crippen LogP contribution in [0.5, 0.6) is 0 Å². The van der Waals surface area contributed by atoms with Crippen LogP contribution in [0.25, 0.3) is 0 Å². The molecular formula is C14H25BrN2. The first-order valence-electron chi connectivity index (χ1n) is 6.85. The first-order valence-corrected chi connectivity index (χ1v) is 7.77. The Balaban J connectivity index is 2.30. The third-order valence-electron chi connectivity index (χ3n) is 3.26. The molecule has 0 bridgehead atoms. The molecule has 1 rings (SSSR count). The van der Waals surface area contributed by atoms with Gasteiger partial charge in [-0.25, -0.2) is 0 Å². The maximum atomic E-state index is 4.63. The molecule has 0 amide bonds. The molecule has 0 fully saturated rings. The summed E-state index contributed by atoms with van der Waals surface area (Å²) < 4.78 is 2.09. The van der Waals surface area contributed by atoms with Gasteiger partial charge in [0.25, 0.3) is 0 Å². The standard InChI is InChI=1S/C14H25BrN2/c1-4-7-13(15)8-6-9-14-10-11-17(16-14)12(3)5-2/h10-13H,4-9H2,1-3H3. The Morgan fingerprint density at radius 2 is 2.12 bits per heavy atom. The van der Waals surface area contributed by atoms with Gasteiger partial charge in [0.1, 0.15) is 0 Å². The number of halogens is 1. The summed E-state index contributed by atoms with van der Waals surface area (Å²) in [4.78, 5) is 0.684. The van der Waals surface area contributed by atoms with Crippen molar-refractivity contribution in [2.24, 2.45) is 0 Å². The largest absolute Gasteiger partial charge is 0.270 e. The van der Waals surface area contributed by atoms with E-state index in [4.69, 9.17) is 0 Å². The quantitative estimate of drug-likeness (QED) is 0.634. The van der Waals surface area contributed by atoms with Crippen LogP contribution in [-0.2, 0) is 6.42 Å². The van der Waals surface area contributed by atoms with Crippen LogP contribution in [0.4, 0.5) is 0 Å². The molecule has 3 heteroatoms. The van der Waals surface area contributed by atoms with Crippen molar-refractivity contribution in [3.8, 4) is 0 Å². The van der Waals surface area contributed by atoms with Crippen molar-refractivity contribution in [1.82, 2.24) is 9.78 Å². The van der Waals surface area contributed by atoms with Gasteiger partial charge in [-0.15, -0.1) is 0 Å². The summed E-state index contributed by atoms with van der Waals surface area (Å²) in [5.41, 5.74) is 1.24. The fourth-order valence-corrected chi connectivity index (χ4v) is 2.69. The first-order chi connectivity index (χ1) is 8.17. The Morgan fingerprint density at radius 1 is 1.35 bits per heavy atom. The highest BCUT2D eigenvalue weighted by molar-refractivity contribution is 9.09. The SMILES string of the molecule is CCCC(Br)CCCc1ccn(C(C)CC)n1. The van der Waals surface area contributed by atoms with Gasteiger partial charge in [-0.3, -0.25) is 4.68 Å². The number of aryl methyl sites for hydroxylation is 1. The first kappa shape index (κ1) is 14.7. The van der Waals surface area contributed by atoms with Crippen LogP contribution >= 0.6 is 15.9 Å². The third kappa shape index (κ3) is 5.24. The second-order valence-electron chi connectivity index (χ2n) is 4.82. The Hall–Kier alpha value is -0.310. The van der Waals surface area contributed by atoms with E-state index in [1.165, 1.54) is 31.4 Å². The molecule has 17 heavy (non-hydrogen) atoms.